The second kappa shape index (κ2) is 5.95. The lowest BCUT2D eigenvalue weighted by Gasteiger charge is -2.56. The Labute approximate surface area is 137 Å². The van der Waals surface area contributed by atoms with Crippen molar-refractivity contribution in [3.05, 3.63) is 29.6 Å². The van der Waals surface area contributed by atoms with Crippen LogP contribution in [0.2, 0.25) is 0 Å². The minimum Gasteiger partial charge on any atom is -0.338 e. The van der Waals surface area contributed by atoms with Gasteiger partial charge in [0, 0.05) is 25.7 Å². The first kappa shape index (κ1) is 16.0. The van der Waals surface area contributed by atoms with Crippen LogP contribution in [-0.4, -0.2) is 51.3 Å². The summed E-state index contributed by atoms with van der Waals surface area (Å²) in [6.45, 7) is 7.22. The second-order valence-corrected chi connectivity index (χ2v) is 6.95. The number of aryl methyl sites for hydroxylation is 1. The zero-order valence-electron chi connectivity index (χ0n) is 14.2. The molecule has 2 atom stereocenters. The first-order valence-corrected chi connectivity index (χ1v) is 8.46. The fourth-order valence-corrected chi connectivity index (χ4v) is 4.26. The quantitative estimate of drug-likeness (QED) is 0.799. The molecule has 3 rings (SSSR count). The van der Waals surface area contributed by atoms with Gasteiger partial charge in [0.05, 0.1) is 11.6 Å². The molecule has 2 aliphatic rings. The summed E-state index contributed by atoms with van der Waals surface area (Å²) < 4.78 is 0. The van der Waals surface area contributed by atoms with E-state index in [0.717, 1.165) is 44.5 Å². The lowest BCUT2D eigenvalue weighted by Crippen LogP contribution is -2.68. The van der Waals surface area contributed by atoms with Crippen LogP contribution in [0.1, 0.15) is 55.7 Å². The summed E-state index contributed by atoms with van der Waals surface area (Å²) in [5, 5.41) is 0. The van der Waals surface area contributed by atoms with Gasteiger partial charge in [-0.2, -0.15) is 0 Å². The smallest absolute Gasteiger partial charge is 0.272 e. The van der Waals surface area contributed by atoms with Crippen molar-refractivity contribution in [1.29, 1.82) is 0 Å². The highest BCUT2D eigenvalue weighted by atomic mass is 16.2. The number of hydrogen-bond donors (Lipinski definition) is 0. The summed E-state index contributed by atoms with van der Waals surface area (Å²) in [5.41, 5.74) is 1.07. The van der Waals surface area contributed by atoms with E-state index >= 15 is 0 Å². The van der Waals surface area contributed by atoms with Crippen LogP contribution in [0, 0.1) is 6.92 Å². The number of carbonyl (C=O) groups is 2. The van der Waals surface area contributed by atoms with Gasteiger partial charge >= 0.3 is 0 Å². The SMILES string of the molecule is CC(=O)N1CCC[C@@]2(C)[C@@H]1CCCN2C(=O)c1cccc(C)n1. The summed E-state index contributed by atoms with van der Waals surface area (Å²) in [5.74, 6) is 0.107. The number of likely N-dealkylation sites (tertiary alicyclic amines) is 2. The van der Waals surface area contributed by atoms with Gasteiger partial charge in [-0.3, -0.25) is 9.59 Å². The van der Waals surface area contributed by atoms with Crippen molar-refractivity contribution >= 4 is 11.8 Å². The van der Waals surface area contributed by atoms with E-state index in [-0.39, 0.29) is 23.4 Å². The van der Waals surface area contributed by atoms with Gasteiger partial charge in [0.25, 0.3) is 5.91 Å². The van der Waals surface area contributed by atoms with E-state index in [1.165, 1.54) is 0 Å². The van der Waals surface area contributed by atoms with E-state index in [0.29, 0.717) is 5.69 Å². The van der Waals surface area contributed by atoms with Crippen molar-refractivity contribution in [3.8, 4) is 0 Å². The molecule has 124 valence electrons. The number of carbonyl (C=O) groups excluding carboxylic acids is 2. The van der Waals surface area contributed by atoms with Crippen LogP contribution in [0.15, 0.2) is 18.2 Å². The topological polar surface area (TPSA) is 53.5 Å². The summed E-state index contributed by atoms with van der Waals surface area (Å²) in [6, 6.07) is 5.68. The molecule has 3 heterocycles. The maximum Gasteiger partial charge on any atom is 0.272 e. The number of hydrogen-bond acceptors (Lipinski definition) is 3. The van der Waals surface area contributed by atoms with Crippen LogP contribution in [0.4, 0.5) is 0 Å². The maximum atomic E-state index is 13.0. The Bertz CT molecular complexity index is 630. The van der Waals surface area contributed by atoms with Gasteiger partial charge in [0.1, 0.15) is 5.69 Å². The lowest BCUT2D eigenvalue weighted by atomic mass is 9.76. The summed E-state index contributed by atoms with van der Waals surface area (Å²) in [6.07, 6.45) is 3.79. The molecule has 0 unspecified atom stereocenters. The van der Waals surface area contributed by atoms with Gasteiger partial charge in [0.2, 0.25) is 5.91 Å². The molecule has 1 aromatic heterocycles. The molecule has 2 saturated heterocycles. The molecule has 2 amide bonds. The maximum absolute atomic E-state index is 13.0. The number of nitrogens with zero attached hydrogens (tertiary/aromatic N) is 3. The molecule has 1 aromatic rings. The van der Waals surface area contributed by atoms with Crippen molar-refractivity contribution in [3.63, 3.8) is 0 Å². The molecule has 0 bridgehead atoms. The van der Waals surface area contributed by atoms with E-state index < -0.39 is 0 Å². The normalized spacial score (nSPS) is 27.5. The Kier molecular flexibility index (Phi) is 4.13. The Morgan fingerprint density at radius 2 is 2.04 bits per heavy atom. The van der Waals surface area contributed by atoms with Crippen molar-refractivity contribution in [2.45, 2.75) is 58.0 Å². The highest BCUT2D eigenvalue weighted by Crippen LogP contribution is 2.39. The summed E-state index contributed by atoms with van der Waals surface area (Å²) >= 11 is 0. The molecule has 5 nitrogen and oxygen atoms in total. The van der Waals surface area contributed by atoms with Gasteiger partial charge < -0.3 is 9.80 Å². The monoisotopic (exact) mass is 315 g/mol. The minimum atomic E-state index is -0.287. The minimum absolute atomic E-state index is 0.00805. The van der Waals surface area contributed by atoms with Gasteiger partial charge in [-0.15, -0.1) is 0 Å². The Balaban J connectivity index is 1.93. The molecular weight excluding hydrogens is 290 g/mol. The van der Waals surface area contributed by atoms with Crippen molar-refractivity contribution in [2.24, 2.45) is 0 Å². The molecular formula is C18H25N3O2. The number of amides is 2. The predicted molar refractivity (Wildman–Crippen MR) is 88.1 cm³/mol. The van der Waals surface area contributed by atoms with Gasteiger partial charge in [-0.25, -0.2) is 4.98 Å². The van der Waals surface area contributed by atoms with E-state index in [4.69, 9.17) is 0 Å². The number of aromatic nitrogens is 1. The Morgan fingerprint density at radius 1 is 1.26 bits per heavy atom. The molecule has 23 heavy (non-hydrogen) atoms. The number of rotatable bonds is 1. The zero-order valence-corrected chi connectivity index (χ0v) is 14.2. The largest absolute Gasteiger partial charge is 0.338 e. The standard InChI is InChI=1S/C18H25N3O2/c1-13-7-4-8-15(19-13)17(23)21-12-5-9-16-18(21,3)10-6-11-20(16)14(2)22/h4,7-8,16H,5-6,9-12H2,1-3H3/t16-,18-/m0/s1. The summed E-state index contributed by atoms with van der Waals surface area (Å²) in [4.78, 5) is 33.4. The highest BCUT2D eigenvalue weighted by molar-refractivity contribution is 5.93. The lowest BCUT2D eigenvalue weighted by molar-refractivity contribution is -0.140. The van der Waals surface area contributed by atoms with E-state index in [1.54, 1.807) is 13.0 Å². The first-order chi connectivity index (χ1) is 10.9. The van der Waals surface area contributed by atoms with Crippen LogP contribution < -0.4 is 0 Å². The van der Waals surface area contributed by atoms with Crippen LogP contribution in [-0.2, 0) is 4.79 Å². The first-order valence-electron chi connectivity index (χ1n) is 8.46. The molecule has 0 saturated carbocycles. The fourth-order valence-electron chi connectivity index (χ4n) is 4.26. The van der Waals surface area contributed by atoms with Gasteiger partial charge in [-0.05, 0) is 51.7 Å². The third-order valence-corrected chi connectivity index (χ3v) is 5.41. The second-order valence-electron chi connectivity index (χ2n) is 6.95. The van der Waals surface area contributed by atoms with Crippen molar-refractivity contribution < 1.29 is 9.59 Å². The molecule has 0 radical (unpaired) electrons. The average molecular weight is 315 g/mol. The molecule has 0 aromatic carbocycles. The zero-order chi connectivity index (χ0) is 16.6. The van der Waals surface area contributed by atoms with Gasteiger partial charge in [0.15, 0.2) is 0 Å². The molecule has 2 fully saturated rings. The molecule has 2 aliphatic heterocycles. The van der Waals surface area contributed by atoms with Crippen molar-refractivity contribution in [2.75, 3.05) is 13.1 Å². The van der Waals surface area contributed by atoms with Crippen LogP contribution in [0.25, 0.3) is 0 Å². The summed E-state index contributed by atoms with van der Waals surface area (Å²) in [7, 11) is 0. The van der Waals surface area contributed by atoms with Crippen LogP contribution in [0.3, 0.4) is 0 Å². The third-order valence-electron chi connectivity index (χ3n) is 5.41. The van der Waals surface area contributed by atoms with Gasteiger partial charge in [-0.1, -0.05) is 6.07 Å². The third kappa shape index (κ3) is 2.73. The molecule has 5 heteroatoms. The highest BCUT2D eigenvalue weighted by Gasteiger charge is 2.49. The number of piperidine rings is 2. The van der Waals surface area contributed by atoms with E-state index in [9.17, 15) is 9.59 Å². The molecule has 0 aliphatic carbocycles. The Hall–Kier alpha value is -1.91. The van der Waals surface area contributed by atoms with E-state index in [2.05, 4.69) is 11.9 Å². The number of fused-ring (bicyclic) bond motifs is 1. The van der Waals surface area contributed by atoms with Crippen LogP contribution in [0.5, 0.6) is 0 Å². The molecule has 0 spiro atoms. The number of pyridine rings is 1. The predicted octanol–water partition coefficient (Wildman–Crippen LogP) is 2.40. The average Bonchev–Trinajstić information content (AvgIpc) is 2.52. The molecule has 0 N–H and O–H groups in total. The van der Waals surface area contributed by atoms with Crippen LogP contribution >= 0.6 is 0 Å². The van der Waals surface area contributed by atoms with Crippen molar-refractivity contribution in [1.82, 2.24) is 14.8 Å². The fraction of sp³-hybridized carbons (Fsp3) is 0.611. The van der Waals surface area contributed by atoms with E-state index in [1.807, 2.05) is 28.9 Å². The Morgan fingerprint density at radius 3 is 2.74 bits per heavy atom.